The Morgan fingerprint density at radius 1 is 0.964 bits per heavy atom. The zero-order valence-electron chi connectivity index (χ0n) is 16.2. The average Bonchev–Trinajstić information content (AvgIpc) is 2.72. The number of carbonyl (C=O) groups is 1. The lowest BCUT2D eigenvalue weighted by Gasteiger charge is -2.33. The van der Waals surface area contributed by atoms with Crippen molar-refractivity contribution in [3.63, 3.8) is 0 Å². The number of nitrogens with one attached hydrogen (secondary N) is 1. The van der Waals surface area contributed by atoms with Gasteiger partial charge in [0.25, 0.3) is 0 Å². The van der Waals surface area contributed by atoms with Gasteiger partial charge in [-0.1, -0.05) is 66.2 Å². The number of halogens is 1. The molecule has 5 heteroatoms. The van der Waals surface area contributed by atoms with Crippen LogP contribution >= 0.6 is 11.6 Å². The Bertz CT molecular complexity index is 753. The van der Waals surface area contributed by atoms with E-state index in [0.29, 0.717) is 13.1 Å². The zero-order valence-corrected chi connectivity index (χ0v) is 16.9. The van der Waals surface area contributed by atoms with Crippen LogP contribution in [0.15, 0.2) is 60.7 Å². The first-order valence-corrected chi connectivity index (χ1v) is 10.2. The Kier molecular flexibility index (Phi) is 8.09. The molecule has 1 saturated heterocycles. The van der Waals surface area contributed by atoms with Gasteiger partial charge in [0, 0.05) is 44.3 Å². The van der Waals surface area contributed by atoms with E-state index in [1.807, 2.05) is 30.3 Å². The maximum atomic E-state index is 12.2. The van der Waals surface area contributed by atoms with E-state index >= 15 is 0 Å². The van der Waals surface area contributed by atoms with Crippen LogP contribution in [0.5, 0.6) is 0 Å². The van der Waals surface area contributed by atoms with E-state index < -0.39 is 0 Å². The predicted octanol–water partition coefficient (Wildman–Crippen LogP) is 3.33. The van der Waals surface area contributed by atoms with Gasteiger partial charge in [-0.3, -0.25) is 14.6 Å². The predicted molar refractivity (Wildman–Crippen MR) is 117 cm³/mol. The van der Waals surface area contributed by atoms with E-state index in [1.54, 1.807) is 0 Å². The van der Waals surface area contributed by atoms with Gasteiger partial charge >= 0.3 is 0 Å². The largest absolute Gasteiger partial charge is 0.355 e. The molecule has 4 nitrogen and oxygen atoms in total. The lowest BCUT2D eigenvalue weighted by molar-refractivity contribution is -0.122. The fraction of sp³-hybridized carbons (Fsp3) is 0.348. The standard InChI is InChI=1S/C23H28ClN3O/c24-22-10-8-21(9-11-22)12-13-25-23(28)19-27-17-15-26(16-18-27)14-4-7-20-5-2-1-3-6-20/h1-11H,12-19H2,(H,25,28)/b7-4+. The van der Waals surface area contributed by atoms with Crippen LogP contribution in [0, 0.1) is 0 Å². The van der Waals surface area contributed by atoms with Crippen LogP contribution in [-0.2, 0) is 11.2 Å². The van der Waals surface area contributed by atoms with Gasteiger partial charge in [-0.05, 0) is 29.7 Å². The summed E-state index contributed by atoms with van der Waals surface area (Å²) in [4.78, 5) is 16.8. The summed E-state index contributed by atoms with van der Waals surface area (Å²) in [6.45, 7) is 5.96. The molecule has 0 atom stereocenters. The number of nitrogens with zero attached hydrogens (tertiary/aromatic N) is 2. The fourth-order valence-corrected chi connectivity index (χ4v) is 3.41. The highest BCUT2D eigenvalue weighted by Crippen LogP contribution is 2.09. The second kappa shape index (κ2) is 11.0. The monoisotopic (exact) mass is 397 g/mol. The van der Waals surface area contributed by atoms with Crippen molar-refractivity contribution in [3.8, 4) is 0 Å². The normalized spacial score (nSPS) is 15.8. The highest BCUT2D eigenvalue weighted by molar-refractivity contribution is 6.30. The minimum absolute atomic E-state index is 0.103. The molecule has 1 heterocycles. The molecule has 2 aromatic carbocycles. The maximum absolute atomic E-state index is 12.2. The molecule has 1 aliphatic heterocycles. The molecule has 0 aliphatic carbocycles. The Hall–Kier alpha value is -2.14. The topological polar surface area (TPSA) is 35.6 Å². The number of amides is 1. The molecule has 1 N–H and O–H groups in total. The minimum atomic E-state index is 0.103. The molecule has 1 aliphatic rings. The molecule has 0 spiro atoms. The number of benzene rings is 2. The third-order valence-electron chi connectivity index (χ3n) is 4.95. The molecule has 1 fully saturated rings. The van der Waals surface area contributed by atoms with Crippen molar-refractivity contribution in [2.75, 3.05) is 45.8 Å². The molecule has 2 aromatic rings. The van der Waals surface area contributed by atoms with E-state index in [2.05, 4.69) is 51.5 Å². The first-order chi connectivity index (χ1) is 13.7. The van der Waals surface area contributed by atoms with Gasteiger partial charge in [0.05, 0.1) is 6.54 Å². The van der Waals surface area contributed by atoms with Crippen LogP contribution in [0.2, 0.25) is 5.02 Å². The van der Waals surface area contributed by atoms with Crippen molar-refractivity contribution in [1.82, 2.24) is 15.1 Å². The minimum Gasteiger partial charge on any atom is -0.355 e. The summed E-state index contributed by atoms with van der Waals surface area (Å²) < 4.78 is 0. The van der Waals surface area contributed by atoms with Crippen molar-refractivity contribution in [1.29, 1.82) is 0 Å². The molecule has 0 aromatic heterocycles. The van der Waals surface area contributed by atoms with Crippen LogP contribution < -0.4 is 5.32 Å². The summed E-state index contributed by atoms with van der Waals surface area (Å²) in [5, 5.41) is 3.76. The third kappa shape index (κ3) is 7.12. The van der Waals surface area contributed by atoms with E-state index in [-0.39, 0.29) is 5.91 Å². The van der Waals surface area contributed by atoms with Gasteiger partial charge in [-0.15, -0.1) is 0 Å². The van der Waals surface area contributed by atoms with Crippen LogP contribution in [0.3, 0.4) is 0 Å². The summed E-state index contributed by atoms with van der Waals surface area (Å²) in [5.41, 5.74) is 2.42. The molecular formula is C23H28ClN3O. The van der Waals surface area contributed by atoms with Crippen LogP contribution in [0.4, 0.5) is 0 Å². The third-order valence-corrected chi connectivity index (χ3v) is 5.21. The number of rotatable bonds is 8. The van der Waals surface area contributed by atoms with Crippen molar-refractivity contribution in [2.45, 2.75) is 6.42 Å². The van der Waals surface area contributed by atoms with Gasteiger partial charge < -0.3 is 5.32 Å². The highest BCUT2D eigenvalue weighted by Gasteiger charge is 2.17. The Balaban J connectivity index is 1.29. The van der Waals surface area contributed by atoms with Gasteiger partial charge in [0.1, 0.15) is 0 Å². The van der Waals surface area contributed by atoms with Crippen LogP contribution in [0.25, 0.3) is 6.08 Å². The number of hydrogen-bond donors (Lipinski definition) is 1. The lowest BCUT2D eigenvalue weighted by Crippen LogP contribution is -2.49. The van der Waals surface area contributed by atoms with Gasteiger partial charge in [0.15, 0.2) is 0 Å². The number of carbonyl (C=O) groups excluding carboxylic acids is 1. The van der Waals surface area contributed by atoms with E-state index in [9.17, 15) is 4.79 Å². The summed E-state index contributed by atoms with van der Waals surface area (Å²) >= 11 is 5.89. The lowest BCUT2D eigenvalue weighted by atomic mass is 10.1. The summed E-state index contributed by atoms with van der Waals surface area (Å²) in [7, 11) is 0. The molecule has 0 saturated carbocycles. The van der Waals surface area contributed by atoms with E-state index in [4.69, 9.17) is 11.6 Å². The molecule has 0 bridgehead atoms. The van der Waals surface area contributed by atoms with Crippen LogP contribution in [0.1, 0.15) is 11.1 Å². The quantitative estimate of drug-likeness (QED) is 0.742. The highest BCUT2D eigenvalue weighted by atomic mass is 35.5. The first kappa shape index (κ1) is 20.6. The van der Waals surface area contributed by atoms with Crippen LogP contribution in [-0.4, -0.2) is 61.5 Å². The van der Waals surface area contributed by atoms with Crippen molar-refractivity contribution in [3.05, 3.63) is 76.8 Å². The average molecular weight is 398 g/mol. The smallest absolute Gasteiger partial charge is 0.234 e. The second-order valence-electron chi connectivity index (χ2n) is 7.12. The Morgan fingerprint density at radius 3 is 2.36 bits per heavy atom. The molecular weight excluding hydrogens is 370 g/mol. The molecule has 0 unspecified atom stereocenters. The molecule has 1 amide bonds. The molecule has 3 rings (SSSR count). The summed E-state index contributed by atoms with van der Waals surface area (Å²) in [6.07, 6.45) is 5.21. The zero-order chi connectivity index (χ0) is 19.6. The summed E-state index contributed by atoms with van der Waals surface area (Å²) in [5.74, 6) is 0.103. The molecule has 0 radical (unpaired) electrons. The van der Waals surface area contributed by atoms with Crippen molar-refractivity contribution < 1.29 is 4.79 Å². The number of piperazine rings is 1. The van der Waals surface area contributed by atoms with Crippen molar-refractivity contribution >= 4 is 23.6 Å². The molecule has 28 heavy (non-hydrogen) atoms. The molecule has 148 valence electrons. The summed E-state index contributed by atoms with van der Waals surface area (Å²) in [6, 6.07) is 18.1. The Morgan fingerprint density at radius 2 is 1.64 bits per heavy atom. The fourth-order valence-electron chi connectivity index (χ4n) is 3.29. The maximum Gasteiger partial charge on any atom is 0.234 e. The van der Waals surface area contributed by atoms with Gasteiger partial charge in [0.2, 0.25) is 5.91 Å². The first-order valence-electron chi connectivity index (χ1n) is 9.86. The van der Waals surface area contributed by atoms with Crippen molar-refractivity contribution in [2.24, 2.45) is 0 Å². The SMILES string of the molecule is O=C(CN1CCN(C/C=C/c2ccccc2)CC1)NCCc1ccc(Cl)cc1. The second-order valence-corrected chi connectivity index (χ2v) is 7.55. The van der Waals surface area contributed by atoms with E-state index in [1.165, 1.54) is 11.1 Å². The van der Waals surface area contributed by atoms with Gasteiger partial charge in [-0.25, -0.2) is 0 Å². The van der Waals surface area contributed by atoms with E-state index in [0.717, 1.165) is 44.2 Å². The Labute approximate surface area is 172 Å². The number of hydrogen-bond acceptors (Lipinski definition) is 3. The van der Waals surface area contributed by atoms with Gasteiger partial charge in [-0.2, -0.15) is 0 Å².